The minimum Gasteiger partial charge on any atom is -0.236 e. The van der Waals surface area contributed by atoms with Crippen LogP contribution < -0.4 is 0 Å². The highest BCUT2D eigenvalue weighted by Crippen LogP contribution is 2.39. The Kier molecular flexibility index (Phi) is 6.11. The summed E-state index contributed by atoms with van der Waals surface area (Å²) in [6, 6.07) is 11.5. The number of rotatable bonds is 6. The summed E-state index contributed by atoms with van der Waals surface area (Å²) < 4.78 is 66.3. The van der Waals surface area contributed by atoms with Crippen molar-refractivity contribution in [2.75, 3.05) is 13.1 Å². The number of halogens is 3. The van der Waals surface area contributed by atoms with E-state index >= 15 is 0 Å². The van der Waals surface area contributed by atoms with Crippen LogP contribution in [0.4, 0.5) is 13.2 Å². The first-order chi connectivity index (χ1) is 13.7. The van der Waals surface area contributed by atoms with Gasteiger partial charge in [-0.2, -0.15) is 17.5 Å². The van der Waals surface area contributed by atoms with Crippen LogP contribution in [0.2, 0.25) is 0 Å². The third-order valence-corrected chi connectivity index (χ3v) is 7.40. The van der Waals surface area contributed by atoms with Gasteiger partial charge < -0.3 is 0 Å². The molecule has 0 unspecified atom stereocenters. The minimum atomic E-state index is -4.47. The molecule has 3 aromatic rings. The molecule has 154 valence electrons. The molecule has 1 heterocycles. The van der Waals surface area contributed by atoms with E-state index in [4.69, 9.17) is 0 Å². The molecule has 4 nitrogen and oxygen atoms in total. The predicted octanol–water partition coefficient (Wildman–Crippen LogP) is 5.53. The van der Waals surface area contributed by atoms with Crippen molar-refractivity contribution < 1.29 is 21.6 Å². The Hall–Kier alpha value is -2.23. The van der Waals surface area contributed by atoms with Crippen molar-refractivity contribution in [1.82, 2.24) is 9.29 Å². The van der Waals surface area contributed by atoms with E-state index in [9.17, 15) is 21.6 Å². The molecule has 0 aliphatic rings. The summed E-state index contributed by atoms with van der Waals surface area (Å²) in [5.74, 6) is 0. The fraction of sp³-hybridized carbons (Fsp3) is 0.250. The van der Waals surface area contributed by atoms with Gasteiger partial charge in [-0.3, -0.25) is 0 Å². The van der Waals surface area contributed by atoms with Gasteiger partial charge in [0.25, 0.3) is 0 Å². The monoisotopic (exact) mass is 440 g/mol. The fourth-order valence-corrected chi connectivity index (χ4v) is 5.28. The van der Waals surface area contributed by atoms with Crippen LogP contribution in [0.3, 0.4) is 0 Å². The molecule has 1 aromatic heterocycles. The Morgan fingerprint density at radius 2 is 1.62 bits per heavy atom. The molecule has 0 bridgehead atoms. The molecule has 0 saturated carbocycles. The van der Waals surface area contributed by atoms with Gasteiger partial charge in [0.05, 0.1) is 16.2 Å². The first-order valence-corrected chi connectivity index (χ1v) is 11.2. The maximum absolute atomic E-state index is 13.3. The highest BCUT2D eigenvalue weighted by molar-refractivity contribution is 7.89. The van der Waals surface area contributed by atoms with Crippen LogP contribution in [0, 0.1) is 0 Å². The number of hydrogen-bond donors (Lipinski definition) is 0. The number of benzene rings is 2. The quantitative estimate of drug-likeness (QED) is 0.507. The van der Waals surface area contributed by atoms with Crippen molar-refractivity contribution in [3.63, 3.8) is 0 Å². The zero-order chi connectivity index (χ0) is 21.2. The van der Waals surface area contributed by atoms with Crippen molar-refractivity contribution in [1.29, 1.82) is 0 Å². The van der Waals surface area contributed by atoms with E-state index in [1.807, 2.05) is 0 Å². The molecule has 0 fully saturated rings. The standard InChI is InChI=1S/C20H19F3N2O2S2/c1-3-25(4-2)29(26,27)15-11-9-14(10-12-15)18-13-28-19(24-18)16-7-5-6-8-17(16)20(21,22)23/h5-13H,3-4H2,1-2H3. The predicted molar refractivity (Wildman–Crippen MR) is 108 cm³/mol. The number of hydrogen-bond acceptors (Lipinski definition) is 4. The Bertz CT molecular complexity index is 1090. The van der Waals surface area contributed by atoms with Crippen LogP contribution >= 0.6 is 11.3 Å². The number of aromatic nitrogens is 1. The first kappa shape index (κ1) is 21.5. The Morgan fingerprint density at radius 3 is 2.21 bits per heavy atom. The molecule has 2 aromatic carbocycles. The summed E-state index contributed by atoms with van der Waals surface area (Å²) in [5, 5.41) is 1.92. The number of thiazole rings is 1. The van der Waals surface area contributed by atoms with E-state index in [1.54, 1.807) is 37.4 Å². The normalized spacial score (nSPS) is 12.5. The molecule has 9 heteroatoms. The lowest BCUT2D eigenvalue weighted by Gasteiger charge is -2.18. The third kappa shape index (κ3) is 4.36. The van der Waals surface area contributed by atoms with E-state index < -0.39 is 21.8 Å². The van der Waals surface area contributed by atoms with Crippen LogP contribution in [0.15, 0.2) is 58.8 Å². The van der Waals surface area contributed by atoms with E-state index in [1.165, 1.54) is 28.6 Å². The average molecular weight is 441 g/mol. The lowest BCUT2D eigenvalue weighted by atomic mass is 10.1. The Labute approximate surface area is 171 Å². The van der Waals surface area contributed by atoms with Crippen molar-refractivity contribution in [3.8, 4) is 21.8 Å². The molecule has 29 heavy (non-hydrogen) atoms. The van der Waals surface area contributed by atoms with E-state index in [0.29, 0.717) is 24.3 Å². The molecule has 0 spiro atoms. The maximum atomic E-state index is 13.3. The van der Waals surface area contributed by atoms with Crippen molar-refractivity contribution >= 4 is 21.4 Å². The summed E-state index contributed by atoms with van der Waals surface area (Å²) >= 11 is 1.11. The van der Waals surface area contributed by atoms with Crippen molar-refractivity contribution in [2.24, 2.45) is 0 Å². The van der Waals surface area contributed by atoms with Crippen LogP contribution in [0.1, 0.15) is 19.4 Å². The number of sulfonamides is 1. The Balaban J connectivity index is 1.93. The molecule has 0 radical (unpaired) electrons. The van der Waals surface area contributed by atoms with Gasteiger partial charge in [-0.25, -0.2) is 13.4 Å². The van der Waals surface area contributed by atoms with Gasteiger partial charge in [-0.15, -0.1) is 11.3 Å². The smallest absolute Gasteiger partial charge is 0.236 e. The summed E-state index contributed by atoms with van der Waals surface area (Å²) in [6.45, 7) is 4.28. The van der Waals surface area contributed by atoms with Crippen LogP contribution in [-0.4, -0.2) is 30.8 Å². The second-order valence-electron chi connectivity index (χ2n) is 6.19. The zero-order valence-electron chi connectivity index (χ0n) is 15.8. The van der Waals surface area contributed by atoms with Gasteiger partial charge in [-0.1, -0.05) is 44.2 Å². The molecule has 0 aliphatic heterocycles. The minimum absolute atomic E-state index is 0.0250. The number of nitrogens with zero attached hydrogens (tertiary/aromatic N) is 2. The zero-order valence-corrected chi connectivity index (χ0v) is 17.4. The van der Waals surface area contributed by atoms with E-state index in [-0.39, 0.29) is 15.5 Å². The van der Waals surface area contributed by atoms with Crippen LogP contribution in [0.25, 0.3) is 21.8 Å². The topological polar surface area (TPSA) is 50.3 Å². The number of alkyl halides is 3. The largest absolute Gasteiger partial charge is 0.417 e. The lowest BCUT2D eigenvalue weighted by Crippen LogP contribution is -2.30. The van der Waals surface area contributed by atoms with Gasteiger partial charge in [0, 0.05) is 29.6 Å². The molecule has 0 saturated heterocycles. The maximum Gasteiger partial charge on any atom is 0.417 e. The molecule has 0 N–H and O–H groups in total. The molecule has 3 rings (SSSR count). The second-order valence-corrected chi connectivity index (χ2v) is 8.99. The van der Waals surface area contributed by atoms with E-state index in [0.717, 1.165) is 17.4 Å². The van der Waals surface area contributed by atoms with Crippen LogP contribution in [0.5, 0.6) is 0 Å². The molecular weight excluding hydrogens is 421 g/mol. The van der Waals surface area contributed by atoms with Crippen molar-refractivity contribution in [2.45, 2.75) is 24.9 Å². The molecule has 0 amide bonds. The van der Waals surface area contributed by atoms with E-state index in [2.05, 4.69) is 4.98 Å². The molecular formula is C20H19F3N2O2S2. The van der Waals surface area contributed by atoms with Crippen molar-refractivity contribution in [3.05, 3.63) is 59.5 Å². The summed E-state index contributed by atoms with van der Waals surface area (Å²) in [7, 11) is -3.57. The summed E-state index contributed by atoms with van der Waals surface area (Å²) in [5.41, 5.74) is 0.419. The van der Waals surface area contributed by atoms with Gasteiger partial charge in [0.15, 0.2) is 0 Å². The molecule has 0 aliphatic carbocycles. The van der Waals surface area contributed by atoms with Gasteiger partial charge in [0.2, 0.25) is 10.0 Å². The molecule has 0 atom stereocenters. The highest BCUT2D eigenvalue weighted by atomic mass is 32.2. The summed E-state index contributed by atoms with van der Waals surface area (Å²) in [4.78, 5) is 4.51. The van der Waals surface area contributed by atoms with Crippen LogP contribution in [-0.2, 0) is 16.2 Å². The summed E-state index contributed by atoms with van der Waals surface area (Å²) in [6.07, 6.45) is -4.47. The Morgan fingerprint density at radius 1 is 1.00 bits per heavy atom. The van der Waals surface area contributed by atoms with Gasteiger partial charge >= 0.3 is 6.18 Å². The van der Waals surface area contributed by atoms with Gasteiger partial charge in [-0.05, 0) is 18.2 Å². The SMILES string of the molecule is CCN(CC)S(=O)(=O)c1ccc(-c2csc(-c3ccccc3C(F)(F)F)n2)cc1. The highest BCUT2D eigenvalue weighted by Gasteiger charge is 2.34. The lowest BCUT2D eigenvalue weighted by molar-refractivity contribution is -0.137. The second kappa shape index (κ2) is 8.25. The fourth-order valence-electron chi connectivity index (χ4n) is 2.96. The first-order valence-electron chi connectivity index (χ1n) is 8.91. The average Bonchev–Trinajstić information content (AvgIpc) is 3.18. The van der Waals surface area contributed by atoms with Gasteiger partial charge in [0.1, 0.15) is 5.01 Å². The third-order valence-electron chi connectivity index (χ3n) is 4.46.